The van der Waals surface area contributed by atoms with Crippen molar-refractivity contribution < 1.29 is 0 Å². The van der Waals surface area contributed by atoms with Gasteiger partial charge >= 0.3 is 0 Å². The molecule has 0 aliphatic rings. The number of nitriles is 1. The van der Waals surface area contributed by atoms with E-state index in [9.17, 15) is 0 Å². The second-order valence-electron chi connectivity index (χ2n) is 3.83. The zero-order chi connectivity index (χ0) is 12.0. The molecular formula is C12H18N4. The summed E-state index contributed by atoms with van der Waals surface area (Å²) in [4.78, 5) is 4.19. The Bertz CT molecular complexity index is 381. The number of anilines is 1. The molecule has 86 valence electrons. The van der Waals surface area contributed by atoms with Crippen LogP contribution in [0.5, 0.6) is 0 Å². The Hall–Kier alpha value is -1.60. The van der Waals surface area contributed by atoms with Gasteiger partial charge in [0.15, 0.2) is 0 Å². The molecule has 1 heterocycles. The third-order valence-electron chi connectivity index (χ3n) is 2.53. The molecule has 1 aromatic heterocycles. The summed E-state index contributed by atoms with van der Waals surface area (Å²) >= 11 is 0. The minimum absolute atomic E-state index is 0.186. The van der Waals surface area contributed by atoms with Gasteiger partial charge in [-0.2, -0.15) is 5.26 Å². The molecular weight excluding hydrogens is 200 g/mol. The van der Waals surface area contributed by atoms with E-state index < -0.39 is 0 Å². The van der Waals surface area contributed by atoms with E-state index in [2.05, 4.69) is 23.3 Å². The summed E-state index contributed by atoms with van der Waals surface area (Å²) in [5.41, 5.74) is 7.21. The second kappa shape index (κ2) is 6.09. The number of nitrogens with zero attached hydrogens (tertiary/aromatic N) is 2. The molecule has 3 N–H and O–H groups in total. The van der Waals surface area contributed by atoms with Gasteiger partial charge in [0, 0.05) is 18.8 Å². The molecule has 1 atom stereocenters. The summed E-state index contributed by atoms with van der Waals surface area (Å²) in [7, 11) is 0. The molecule has 1 rings (SSSR count). The van der Waals surface area contributed by atoms with Crippen LogP contribution in [0.15, 0.2) is 12.3 Å². The van der Waals surface area contributed by atoms with Crippen LogP contribution >= 0.6 is 0 Å². The fraction of sp³-hybridized carbons (Fsp3) is 0.500. The lowest BCUT2D eigenvalue weighted by atomic mass is 10.1. The zero-order valence-electron chi connectivity index (χ0n) is 9.83. The van der Waals surface area contributed by atoms with Crippen molar-refractivity contribution in [3.8, 4) is 6.07 Å². The molecule has 0 bridgehead atoms. The second-order valence-corrected chi connectivity index (χ2v) is 3.83. The lowest BCUT2D eigenvalue weighted by molar-refractivity contribution is 0.645. The van der Waals surface area contributed by atoms with Gasteiger partial charge in [-0.3, -0.25) is 0 Å². The van der Waals surface area contributed by atoms with Crippen LogP contribution < -0.4 is 11.1 Å². The predicted molar refractivity (Wildman–Crippen MR) is 65.1 cm³/mol. The summed E-state index contributed by atoms with van der Waals surface area (Å²) in [6, 6.07) is 4.19. The largest absolute Gasteiger partial charge is 0.365 e. The van der Waals surface area contributed by atoms with Crippen molar-refractivity contribution in [3.63, 3.8) is 0 Å². The summed E-state index contributed by atoms with van der Waals surface area (Å²) < 4.78 is 0. The smallest absolute Gasteiger partial charge is 0.144 e. The first-order chi connectivity index (χ1) is 7.72. The predicted octanol–water partition coefficient (Wildman–Crippen LogP) is 1.80. The highest BCUT2D eigenvalue weighted by Crippen LogP contribution is 2.16. The van der Waals surface area contributed by atoms with E-state index in [-0.39, 0.29) is 6.04 Å². The molecule has 4 heteroatoms. The van der Waals surface area contributed by atoms with Crippen molar-refractivity contribution >= 4 is 5.82 Å². The number of hydrogen-bond donors (Lipinski definition) is 2. The van der Waals surface area contributed by atoms with Gasteiger partial charge < -0.3 is 11.1 Å². The SMILES string of the molecule is CCCC(CN)Nc1nccc(C)c1C#N. The number of nitrogens with one attached hydrogen (secondary N) is 1. The van der Waals surface area contributed by atoms with Crippen LogP contribution in [0.4, 0.5) is 5.82 Å². The van der Waals surface area contributed by atoms with Crippen LogP contribution in [0.1, 0.15) is 30.9 Å². The van der Waals surface area contributed by atoms with Crippen LogP contribution in [0.25, 0.3) is 0 Å². The van der Waals surface area contributed by atoms with Gasteiger partial charge in [0.1, 0.15) is 11.9 Å². The molecule has 4 nitrogen and oxygen atoms in total. The molecule has 0 spiro atoms. The van der Waals surface area contributed by atoms with E-state index in [0.717, 1.165) is 18.4 Å². The van der Waals surface area contributed by atoms with Crippen molar-refractivity contribution in [3.05, 3.63) is 23.4 Å². The van der Waals surface area contributed by atoms with Gasteiger partial charge in [0.25, 0.3) is 0 Å². The Balaban J connectivity index is 2.88. The Morgan fingerprint density at radius 3 is 2.94 bits per heavy atom. The maximum Gasteiger partial charge on any atom is 0.144 e. The van der Waals surface area contributed by atoms with Gasteiger partial charge in [-0.1, -0.05) is 13.3 Å². The molecule has 0 aliphatic heterocycles. The number of rotatable bonds is 5. The minimum atomic E-state index is 0.186. The summed E-state index contributed by atoms with van der Waals surface area (Å²) in [6.45, 7) is 4.57. The lowest BCUT2D eigenvalue weighted by Crippen LogP contribution is -2.29. The highest BCUT2D eigenvalue weighted by molar-refractivity contribution is 5.55. The third kappa shape index (κ3) is 2.94. The van der Waals surface area contributed by atoms with Gasteiger partial charge in [-0.05, 0) is 25.0 Å². The maximum absolute atomic E-state index is 9.05. The van der Waals surface area contributed by atoms with E-state index in [1.807, 2.05) is 13.0 Å². The van der Waals surface area contributed by atoms with Crippen LogP contribution in [-0.4, -0.2) is 17.6 Å². The molecule has 0 saturated carbocycles. The summed E-state index contributed by atoms with van der Waals surface area (Å²) in [6.07, 6.45) is 3.75. The highest BCUT2D eigenvalue weighted by Gasteiger charge is 2.10. The molecule has 1 unspecified atom stereocenters. The van der Waals surface area contributed by atoms with Crippen molar-refractivity contribution in [2.24, 2.45) is 5.73 Å². The number of hydrogen-bond acceptors (Lipinski definition) is 4. The topological polar surface area (TPSA) is 74.7 Å². The first kappa shape index (κ1) is 12.5. The normalized spacial score (nSPS) is 11.9. The average molecular weight is 218 g/mol. The fourth-order valence-electron chi connectivity index (χ4n) is 1.60. The quantitative estimate of drug-likeness (QED) is 0.790. The molecule has 16 heavy (non-hydrogen) atoms. The van der Waals surface area contributed by atoms with Crippen LogP contribution in [0.2, 0.25) is 0 Å². The monoisotopic (exact) mass is 218 g/mol. The van der Waals surface area contributed by atoms with E-state index >= 15 is 0 Å². The van der Waals surface area contributed by atoms with Gasteiger partial charge in [-0.15, -0.1) is 0 Å². The van der Waals surface area contributed by atoms with E-state index in [4.69, 9.17) is 11.0 Å². The molecule has 0 saturated heterocycles. The number of aromatic nitrogens is 1. The van der Waals surface area contributed by atoms with E-state index in [1.54, 1.807) is 6.20 Å². The molecule has 0 radical (unpaired) electrons. The standard InChI is InChI=1S/C12H18N4/c1-3-4-10(7-13)16-12-11(8-14)9(2)5-6-15-12/h5-6,10H,3-4,7,13H2,1-2H3,(H,15,16). The van der Waals surface area contributed by atoms with Gasteiger partial charge in [0.05, 0.1) is 5.56 Å². The Morgan fingerprint density at radius 2 is 2.38 bits per heavy atom. The zero-order valence-corrected chi connectivity index (χ0v) is 9.83. The first-order valence-corrected chi connectivity index (χ1v) is 5.55. The molecule has 1 aromatic rings. The van der Waals surface area contributed by atoms with Crippen molar-refractivity contribution in [1.29, 1.82) is 5.26 Å². The van der Waals surface area contributed by atoms with E-state index in [1.165, 1.54) is 0 Å². The maximum atomic E-state index is 9.05. The van der Waals surface area contributed by atoms with Crippen molar-refractivity contribution in [2.45, 2.75) is 32.7 Å². The van der Waals surface area contributed by atoms with Gasteiger partial charge in [-0.25, -0.2) is 4.98 Å². The molecule has 0 aliphatic carbocycles. The Labute approximate surface area is 96.5 Å². The van der Waals surface area contributed by atoms with Crippen LogP contribution in [0, 0.1) is 18.3 Å². The first-order valence-electron chi connectivity index (χ1n) is 5.55. The van der Waals surface area contributed by atoms with E-state index in [0.29, 0.717) is 17.9 Å². The lowest BCUT2D eigenvalue weighted by Gasteiger charge is -2.17. The third-order valence-corrected chi connectivity index (χ3v) is 2.53. The van der Waals surface area contributed by atoms with Crippen molar-refractivity contribution in [1.82, 2.24) is 4.98 Å². The number of nitrogens with two attached hydrogens (primary N) is 1. The average Bonchev–Trinajstić information content (AvgIpc) is 2.28. The summed E-state index contributed by atoms with van der Waals surface area (Å²) in [5.74, 6) is 0.645. The molecule has 0 fully saturated rings. The minimum Gasteiger partial charge on any atom is -0.365 e. The summed E-state index contributed by atoms with van der Waals surface area (Å²) in [5, 5.41) is 12.3. The number of pyridine rings is 1. The highest BCUT2D eigenvalue weighted by atomic mass is 15.0. The van der Waals surface area contributed by atoms with Crippen LogP contribution in [-0.2, 0) is 0 Å². The Morgan fingerprint density at radius 1 is 1.62 bits per heavy atom. The van der Waals surface area contributed by atoms with Crippen LogP contribution in [0.3, 0.4) is 0 Å². The number of aryl methyl sites for hydroxylation is 1. The molecule has 0 amide bonds. The molecule has 0 aromatic carbocycles. The Kier molecular flexibility index (Phi) is 4.74. The fourth-order valence-corrected chi connectivity index (χ4v) is 1.60. The van der Waals surface area contributed by atoms with Crippen molar-refractivity contribution in [2.75, 3.05) is 11.9 Å². The van der Waals surface area contributed by atoms with Gasteiger partial charge in [0.2, 0.25) is 0 Å².